The zero-order chi connectivity index (χ0) is 15.9. The first kappa shape index (κ1) is 15.8. The molecule has 1 fully saturated rings. The molecular weight excluding hydrogens is 294 g/mol. The summed E-state index contributed by atoms with van der Waals surface area (Å²) in [6.45, 7) is 1.54. The van der Waals surface area contributed by atoms with Crippen LogP contribution in [0.15, 0.2) is 23.2 Å². The highest BCUT2D eigenvalue weighted by atomic mass is 16.7. The van der Waals surface area contributed by atoms with Crippen molar-refractivity contribution < 1.29 is 14.2 Å². The molecule has 126 valence electrons. The molecule has 0 bridgehead atoms. The Morgan fingerprint density at radius 2 is 2.04 bits per heavy atom. The zero-order valence-electron chi connectivity index (χ0n) is 13.6. The molecule has 1 heterocycles. The fourth-order valence-electron chi connectivity index (χ4n) is 2.94. The van der Waals surface area contributed by atoms with E-state index in [1.54, 1.807) is 7.05 Å². The van der Waals surface area contributed by atoms with Crippen LogP contribution in [-0.2, 0) is 0 Å². The molecular formula is C17H25N3O3. The van der Waals surface area contributed by atoms with Crippen molar-refractivity contribution in [2.75, 3.05) is 27.0 Å². The molecule has 0 radical (unpaired) electrons. The lowest BCUT2D eigenvalue weighted by atomic mass is 9.96. The maximum Gasteiger partial charge on any atom is 0.231 e. The van der Waals surface area contributed by atoms with Crippen molar-refractivity contribution >= 4 is 5.96 Å². The quantitative estimate of drug-likeness (QED) is 0.495. The Morgan fingerprint density at radius 1 is 1.22 bits per heavy atom. The number of hydrogen-bond donors (Lipinski definition) is 2. The highest BCUT2D eigenvalue weighted by molar-refractivity contribution is 5.79. The number of aliphatic imine (C=N–C) groups is 1. The largest absolute Gasteiger partial charge is 0.492 e. The van der Waals surface area contributed by atoms with Gasteiger partial charge >= 0.3 is 0 Å². The standard InChI is InChI=1S/C17H25N3O3/c1-18-17(20-13-5-3-2-4-6-13)19-9-10-21-14-7-8-15-16(11-14)23-12-22-15/h7-8,11,13H,2-6,9-10,12H2,1H3,(H2,18,19,20). The summed E-state index contributed by atoms with van der Waals surface area (Å²) in [6.07, 6.45) is 6.43. The minimum absolute atomic E-state index is 0.281. The van der Waals surface area contributed by atoms with Crippen LogP contribution in [0.2, 0.25) is 0 Å². The maximum absolute atomic E-state index is 5.74. The van der Waals surface area contributed by atoms with E-state index in [0.717, 1.165) is 23.2 Å². The lowest BCUT2D eigenvalue weighted by Gasteiger charge is -2.24. The Labute approximate surface area is 137 Å². The summed E-state index contributed by atoms with van der Waals surface area (Å²) >= 11 is 0. The third-order valence-corrected chi connectivity index (χ3v) is 4.18. The number of nitrogens with zero attached hydrogens (tertiary/aromatic N) is 1. The number of benzene rings is 1. The molecule has 6 nitrogen and oxygen atoms in total. The molecule has 1 saturated carbocycles. The molecule has 0 aromatic heterocycles. The highest BCUT2D eigenvalue weighted by Gasteiger charge is 2.15. The number of nitrogens with one attached hydrogen (secondary N) is 2. The van der Waals surface area contributed by atoms with E-state index in [2.05, 4.69) is 15.6 Å². The Bertz CT molecular complexity index is 542. The summed E-state index contributed by atoms with van der Waals surface area (Å²) in [5, 5.41) is 6.78. The average Bonchev–Trinajstić information content (AvgIpc) is 3.06. The van der Waals surface area contributed by atoms with Gasteiger partial charge in [-0.05, 0) is 25.0 Å². The summed E-state index contributed by atoms with van der Waals surface area (Å²) in [5.74, 6) is 3.15. The van der Waals surface area contributed by atoms with Crippen molar-refractivity contribution in [3.63, 3.8) is 0 Å². The molecule has 3 rings (SSSR count). The first-order valence-electron chi connectivity index (χ1n) is 8.35. The van der Waals surface area contributed by atoms with Gasteiger partial charge < -0.3 is 24.8 Å². The zero-order valence-corrected chi connectivity index (χ0v) is 13.6. The predicted octanol–water partition coefficient (Wildman–Crippen LogP) is 2.29. The topological polar surface area (TPSA) is 64.1 Å². The normalized spacial score (nSPS) is 17.9. The van der Waals surface area contributed by atoms with Gasteiger partial charge in [0.25, 0.3) is 0 Å². The average molecular weight is 319 g/mol. The SMILES string of the molecule is CN=C(NCCOc1ccc2c(c1)OCO2)NC1CCCCC1. The summed E-state index contributed by atoms with van der Waals surface area (Å²) in [7, 11) is 1.80. The van der Waals surface area contributed by atoms with E-state index < -0.39 is 0 Å². The molecule has 23 heavy (non-hydrogen) atoms. The minimum atomic E-state index is 0.281. The molecule has 0 unspecified atom stereocenters. The number of rotatable bonds is 5. The van der Waals surface area contributed by atoms with Crippen LogP contribution in [0.3, 0.4) is 0 Å². The number of hydrogen-bond acceptors (Lipinski definition) is 4. The van der Waals surface area contributed by atoms with E-state index in [4.69, 9.17) is 14.2 Å². The fraction of sp³-hybridized carbons (Fsp3) is 0.588. The van der Waals surface area contributed by atoms with Crippen LogP contribution in [0.25, 0.3) is 0 Å². The van der Waals surface area contributed by atoms with E-state index >= 15 is 0 Å². The Kier molecular flexibility index (Phi) is 5.45. The lowest BCUT2D eigenvalue weighted by Crippen LogP contribution is -2.45. The Balaban J connectivity index is 1.38. The van der Waals surface area contributed by atoms with Gasteiger partial charge in [0.2, 0.25) is 6.79 Å². The summed E-state index contributed by atoms with van der Waals surface area (Å²) in [6, 6.07) is 6.17. The summed E-state index contributed by atoms with van der Waals surface area (Å²) < 4.78 is 16.4. The monoisotopic (exact) mass is 319 g/mol. The van der Waals surface area contributed by atoms with E-state index in [1.807, 2.05) is 18.2 Å². The third-order valence-electron chi connectivity index (χ3n) is 4.18. The molecule has 0 saturated heterocycles. The van der Waals surface area contributed by atoms with Crippen LogP contribution in [0.5, 0.6) is 17.2 Å². The molecule has 0 atom stereocenters. The van der Waals surface area contributed by atoms with Gasteiger partial charge in [0.05, 0.1) is 6.54 Å². The van der Waals surface area contributed by atoms with Gasteiger partial charge in [-0.1, -0.05) is 19.3 Å². The molecule has 6 heteroatoms. The van der Waals surface area contributed by atoms with E-state index in [1.165, 1.54) is 32.1 Å². The van der Waals surface area contributed by atoms with Crippen molar-refractivity contribution in [2.24, 2.45) is 4.99 Å². The van der Waals surface area contributed by atoms with Crippen LogP contribution >= 0.6 is 0 Å². The Morgan fingerprint density at radius 3 is 2.87 bits per heavy atom. The maximum atomic E-state index is 5.74. The molecule has 1 aromatic carbocycles. The fourth-order valence-corrected chi connectivity index (χ4v) is 2.94. The van der Waals surface area contributed by atoms with Crippen molar-refractivity contribution in [2.45, 2.75) is 38.1 Å². The second kappa shape index (κ2) is 7.94. The van der Waals surface area contributed by atoms with E-state index in [9.17, 15) is 0 Å². The van der Waals surface area contributed by atoms with Gasteiger partial charge in [-0.3, -0.25) is 4.99 Å². The molecule has 2 N–H and O–H groups in total. The molecule has 1 aliphatic heterocycles. The van der Waals surface area contributed by atoms with Gasteiger partial charge in [0, 0.05) is 19.2 Å². The second-order valence-electron chi connectivity index (χ2n) is 5.84. The number of ether oxygens (including phenoxy) is 3. The Hall–Kier alpha value is -2.11. The van der Waals surface area contributed by atoms with Crippen molar-refractivity contribution in [1.29, 1.82) is 0 Å². The third kappa shape index (κ3) is 4.43. The highest BCUT2D eigenvalue weighted by Crippen LogP contribution is 2.34. The van der Waals surface area contributed by atoms with Crippen molar-refractivity contribution in [3.8, 4) is 17.2 Å². The van der Waals surface area contributed by atoms with E-state index in [-0.39, 0.29) is 6.79 Å². The minimum Gasteiger partial charge on any atom is -0.492 e. The van der Waals surface area contributed by atoms with Gasteiger partial charge in [-0.2, -0.15) is 0 Å². The van der Waals surface area contributed by atoms with Gasteiger partial charge in [-0.25, -0.2) is 0 Å². The second-order valence-corrected chi connectivity index (χ2v) is 5.84. The first-order chi connectivity index (χ1) is 11.3. The molecule has 1 aliphatic carbocycles. The van der Waals surface area contributed by atoms with Crippen LogP contribution < -0.4 is 24.8 Å². The first-order valence-corrected chi connectivity index (χ1v) is 8.35. The smallest absolute Gasteiger partial charge is 0.231 e. The number of guanidine groups is 1. The molecule has 1 aromatic rings. The van der Waals surface area contributed by atoms with Crippen LogP contribution in [0.1, 0.15) is 32.1 Å². The molecule has 0 spiro atoms. The molecule has 2 aliphatic rings. The van der Waals surface area contributed by atoms with Gasteiger partial charge in [-0.15, -0.1) is 0 Å². The number of fused-ring (bicyclic) bond motifs is 1. The van der Waals surface area contributed by atoms with Gasteiger partial charge in [0.1, 0.15) is 12.4 Å². The lowest BCUT2D eigenvalue weighted by molar-refractivity contribution is 0.173. The predicted molar refractivity (Wildman–Crippen MR) is 89.4 cm³/mol. The summed E-state index contributed by atoms with van der Waals surface area (Å²) in [4.78, 5) is 4.28. The summed E-state index contributed by atoms with van der Waals surface area (Å²) in [5.41, 5.74) is 0. The van der Waals surface area contributed by atoms with E-state index in [0.29, 0.717) is 19.2 Å². The molecule has 0 amide bonds. The van der Waals surface area contributed by atoms with Crippen molar-refractivity contribution in [1.82, 2.24) is 10.6 Å². The van der Waals surface area contributed by atoms with Crippen LogP contribution in [-0.4, -0.2) is 39.0 Å². The van der Waals surface area contributed by atoms with Gasteiger partial charge in [0.15, 0.2) is 17.5 Å². The van der Waals surface area contributed by atoms with Crippen molar-refractivity contribution in [3.05, 3.63) is 18.2 Å². The van der Waals surface area contributed by atoms with Crippen LogP contribution in [0, 0.1) is 0 Å². The van der Waals surface area contributed by atoms with Crippen LogP contribution in [0.4, 0.5) is 0 Å².